The summed E-state index contributed by atoms with van der Waals surface area (Å²) in [4.78, 5) is 11.0. The summed E-state index contributed by atoms with van der Waals surface area (Å²) in [5.41, 5.74) is 6.40. The third kappa shape index (κ3) is 3.27. The molecule has 0 aromatic heterocycles. The van der Waals surface area contributed by atoms with Gasteiger partial charge in [0, 0.05) is 0 Å². The first-order chi connectivity index (χ1) is 7.15. The van der Waals surface area contributed by atoms with Crippen LogP contribution in [-0.2, 0) is 6.42 Å². The Balaban J connectivity index is 2.74. The van der Waals surface area contributed by atoms with Crippen molar-refractivity contribution in [1.82, 2.24) is 0 Å². The maximum atomic E-state index is 11.0. The third-order valence-electron chi connectivity index (χ3n) is 2.40. The molecule has 0 fully saturated rings. The minimum atomic E-state index is -0.579. The highest BCUT2D eigenvalue weighted by Gasteiger charge is 2.07. The summed E-state index contributed by atoms with van der Waals surface area (Å²) in [5, 5.41) is 9.38. The summed E-state index contributed by atoms with van der Waals surface area (Å²) in [5.74, 6) is -0.619. The molecular weight excluding hydrogens is 190 g/mol. The largest absolute Gasteiger partial charge is 0.507 e. The van der Waals surface area contributed by atoms with E-state index in [2.05, 4.69) is 6.92 Å². The number of rotatable bonds is 5. The average molecular weight is 207 g/mol. The molecule has 1 aromatic rings. The molecule has 3 nitrogen and oxygen atoms in total. The Bertz CT molecular complexity index is 347. The van der Waals surface area contributed by atoms with Gasteiger partial charge in [0.2, 0.25) is 0 Å². The van der Waals surface area contributed by atoms with Gasteiger partial charge in [-0.15, -0.1) is 0 Å². The van der Waals surface area contributed by atoms with Crippen molar-refractivity contribution in [2.45, 2.75) is 32.6 Å². The van der Waals surface area contributed by atoms with E-state index in [4.69, 9.17) is 5.73 Å². The molecule has 0 radical (unpaired) electrons. The Hall–Kier alpha value is -1.51. The van der Waals surface area contributed by atoms with E-state index in [1.54, 1.807) is 6.07 Å². The molecule has 0 saturated carbocycles. The first kappa shape index (κ1) is 11.6. The SMILES string of the molecule is CCCCCc1ccc(O)c(C(N)=O)c1. The Morgan fingerprint density at radius 3 is 2.73 bits per heavy atom. The number of aryl methyl sites for hydroxylation is 1. The van der Waals surface area contributed by atoms with Crippen LogP contribution in [0.15, 0.2) is 18.2 Å². The van der Waals surface area contributed by atoms with Crippen LogP contribution in [0.2, 0.25) is 0 Å². The molecule has 0 heterocycles. The normalized spacial score (nSPS) is 10.2. The summed E-state index contributed by atoms with van der Waals surface area (Å²) in [6, 6.07) is 5.03. The molecule has 0 aliphatic carbocycles. The number of hydrogen-bond acceptors (Lipinski definition) is 2. The average Bonchev–Trinajstić information content (AvgIpc) is 2.20. The number of unbranched alkanes of at least 4 members (excludes halogenated alkanes) is 2. The molecule has 0 aliphatic rings. The van der Waals surface area contributed by atoms with Crippen LogP contribution in [0.5, 0.6) is 5.75 Å². The van der Waals surface area contributed by atoms with Gasteiger partial charge in [0.25, 0.3) is 5.91 Å². The summed E-state index contributed by atoms with van der Waals surface area (Å²) < 4.78 is 0. The quantitative estimate of drug-likeness (QED) is 0.727. The number of aromatic hydroxyl groups is 1. The first-order valence-corrected chi connectivity index (χ1v) is 5.27. The lowest BCUT2D eigenvalue weighted by Gasteiger charge is -2.04. The van der Waals surface area contributed by atoms with Crippen molar-refractivity contribution >= 4 is 5.91 Å². The van der Waals surface area contributed by atoms with E-state index in [1.807, 2.05) is 6.07 Å². The summed E-state index contributed by atoms with van der Waals surface area (Å²) in [7, 11) is 0. The zero-order valence-corrected chi connectivity index (χ0v) is 8.99. The molecule has 0 atom stereocenters. The van der Waals surface area contributed by atoms with Crippen molar-refractivity contribution in [2.75, 3.05) is 0 Å². The van der Waals surface area contributed by atoms with E-state index >= 15 is 0 Å². The van der Waals surface area contributed by atoms with E-state index < -0.39 is 5.91 Å². The molecule has 82 valence electrons. The van der Waals surface area contributed by atoms with Crippen molar-refractivity contribution < 1.29 is 9.90 Å². The molecule has 3 N–H and O–H groups in total. The lowest BCUT2D eigenvalue weighted by molar-refractivity contribution is 0.0997. The fourth-order valence-corrected chi connectivity index (χ4v) is 1.52. The van der Waals surface area contributed by atoms with Crippen LogP contribution in [-0.4, -0.2) is 11.0 Å². The second-order valence-electron chi connectivity index (χ2n) is 3.67. The van der Waals surface area contributed by atoms with Crippen molar-refractivity contribution in [3.8, 4) is 5.75 Å². The Morgan fingerprint density at radius 1 is 1.40 bits per heavy atom. The maximum Gasteiger partial charge on any atom is 0.252 e. The molecule has 0 bridgehead atoms. The number of nitrogens with two attached hydrogens (primary N) is 1. The fourth-order valence-electron chi connectivity index (χ4n) is 1.52. The number of carbonyl (C=O) groups is 1. The summed E-state index contributed by atoms with van der Waals surface area (Å²) in [6.45, 7) is 2.14. The van der Waals surface area contributed by atoms with Crippen molar-refractivity contribution in [3.63, 3.8) is 0 Å². The molecule has 1 amide bonds. The minimum absolute atomic E-state index is 0.0401. The lowest BCUT2D eigenvalue weighted by atomic mass is 10.0. The maximum absolute atomic E-state index is 11.0. The van der Waals surface area contributed by atoms with Gasteiger partial charge in [-0.1, -0.05) is 25.8 Å². The van der Waals surface area contributed by atoms with Crippen LogP contribution in [0.25, 0.3) is 0 Å². The van der Waals surface area contributed by atoms with Crippen LogP contribution >= 0.6 is 0 Å². The minimum Gasteiger partial charge on any atom is -0.507 e. The highest BCUT2D eigenvalue weighted by Crippen LogP contribution is 2.19. The zero-order valence-electron chi connectivity index (χ0n) is 8.99. The molecule has 3 heteroatoms. The topological polar surface area (TPSA) is 63.3 Å². The van der Waals surface area contributed by atoms with Crippen LogP contribution in [0.3, 0.4) is 0 Å². The van der Waals surface area contributed by atoms with Gasteiger partial charge in [0.1, 0.15) is 5.75 Å². The Labute approximate surface area is 89.9 Å². The number of hydrogen-bond donors (Lipinski definition) is 2. The van der Waals surface area contributed by atoms with Crippen LogP contribution in [0.1, 0.15) is 42.1 Å². The Kier molecular flexibility index (Phi) is 4.16. The molecule has 0 saturated heterocycles. The van der Waals surface area contributed by atoms with E-state index in [-0.39, 0.29) is 11.3 Å². The third-order valence-corrected chi connectivity index (χ3v) is 2.40. The first-order valence-electron chi connectivity index (χ1n) is 5.27. The molecule has 0 spiro atoms. The van der Waals surface area contributed by atoms with Gasteiger partial charge in [0.15, 0.2) is 0 Å². The second-order valence-corrected chi connectivity index (χ2v) is 3.67. The zero-order chi connectivity index (χ0) is 11.3. The standard InChI is InChI=1S/C12H17NO2/c1-2-3-4-5-9-6-7-11(14)10(8-9)12(13)15/h6-8,14H,2-5H2,1H3,(H2,13,15). The van der Waals surface area contributed by atoms with Gasteiger partial charge in [-0.3, -0.25) is 4.79 Å². The van der Waals surface area contributed by atoms with Gasteiger partial charge in [-0.05, 0) is 30.5 Å². The summed E-state index contributed by atoms with van der Waals surface area (Å²) >= 11 is 0. The molecule has 0 aliphatic heterocycles. The van der Waals surface area contributed by atoms with Gasteiger partial charge in [-0.2, -0.15) is 0 Å². The highest BCUT2D eigenvalue weighted by molar-refractivity contribution is 5.95. The monoisotopic (exact) mass is 207 g/mol. The van der Waals surface area contributed by atoms with Crippen molar-refractivity contribution in [1.29, 1.82) is 0 Å². The fraction of sp³-hybridized carbons (Fsp3) is 0.417. The van der Waals surface area contributed by atoms with Crippen LogP contribution in [0.4, 0.5) is 0 Å². The van der Waals surface area contributed by atoms with E-state index in [0.29, 0.717) is 0 Å². The number of phenols is 1. The van der Waals surface area contributed by atoms with E-state index in [0.717, 1.165) is 18.4 Å². The Morgan fingerprint density at radius 2 is 2.13 bits per heavy atom. The van der Waals surface area contributed by atoms with E-state index in [1.165, 1.54) is 18.9 Å². The van der Waals surface area contributed by atoms with Crippen molar-refractivity contribution in [3.05, 3.63) is 29.3 Å². The van der Waals surface area contributed by atoms with Gasteiger partial charge in [0.05, 0.1) is 5.56 Å². The van der Waals surface area contributed by atoms with E-state index in [9.17, 15) is 9.90 Å². The summed E-state index contributed by atoms with van der Waals surface area (Å²) in [6.07, 6.45) is 4.36. The molecule has 1 rings (SSSR count). The van der Waals surface area contributed by atoms with Crippen LogP contribution in [0, 0.1) is 0 Å². The number of primary amides is 1. The number of carbonyl (C=O) groups excluding carboxylic acids is 1. The molecular formula is C12H17NO2. The molecule has 1 aromatic carbocycles. The van der Waals surface area contributed by atoms with Crippen molar-refractivity contribution in [2.24, 2.45) is 5.73 Å². The van der Waals surface area contributed by atoms with Gasteiger partial charge < -0.3 is 10.8 Å². The molecule has 0 unspecified atom stereocenters. The van der Waals surface area contributed by atoms with Gasteiger partial charge >= 0.3 is 0 Å². The molecule has 15 heavy (non-hydrogen) atoms. The predicted octanol–water partition coefficient (Wildman–Crippen LogP) is 2.22. The van der Waals surface area contributed by atoms with Gasteiger partial charge in [-0.25, -0.2) is 0 Å². The predicted molar refractivity (Wildman–Crippen MR) is 59.9 cm³/mol. The number of amides is 1. The van der Waals surface area contributed by atoms with Crippen LogP contribution < -0.4 is 5.73 Å². The highest BCUT2D eigenvalue weighted by atomic mass is 16.3. The number of benzene rings is 1. The lowest BCUT2D eigenvalue weighted by Crippen LogP contribution is -2.11. The smallest absolute Gasteiger partial charge is 0.252 e. The second kappa shape index (κ2) is 5.39.